The molecule has 0 radical (unpaired) electrons. The van der Waals surface area contributed by atoms with Crippen LogP contribution in [0.4, 0.5) is 9.93 Å². The summed E-state index contributed by atoms with van der Waals surface area (Å²) in [6, 6.07) is 0.636. The van der Waals surface area contributed by atoms with Crippen LogP contribution in [0.15, 0.2) is 6.20 Å². The third-order valence-electron chi connectivity index (χ3n) is 3.34. The summed E-state index contributed by atoms with van der Waals surface area (Å²) in [5.41, 5.74) is 0. The molecule has 0 aliphatic carbocycles. The van der Waals surface area contributed by atoms with E-state index in [2.05, 4.69) is 22.1 Å². The first-order valence-corrected chi connectivity index (χ1v) is 7.63. The maximum absolute atomic E-state index is 11.3. The number of hydrogen-bond donors (Lipinski definition) is 1. The molecule has 1 aliphatic rings. The minimum Gasteiger partial charge on any atom is -0.450 e. The van der Waals surface area contributed by atoms with Crippen LogP contribution in [0.3, 0.4) is 0 Å². The van der Waals surface area contributed by atoms with Crippen molar-refractivity contribution in [1.82, 2.24) is 9.88 Å². The van der Waals surface area contributed by atoms with Gasteiger partial charge in [0.25, 0.3) is 0 Å². The van der Waals surface area contributed by atoms with Crippen LogP contribution in [0, 0.1) is 0 Å². The lowest BCUT2D eigenvalue weighted by Crippen LogP contribution is -2.36. The Kier molecular flexibility index (Phi) is 5.15. The molecule has 2 heterocycles. The van der Waals surface area contributed by atoms with Crippen LogP contribution in [0.25, 0.3) is 0 Å². The van der Waals surface area contributed by atoms with Gasteiger partial charge in [0.1, 0.15) is 0 Å². The SMILES string of the molecule is CCOC(=O)Nc1ncc(CN2CCCCC2C)s1. The number of nitrogens with zero attached hydrogens (tertiary/aromatic N) is 2. The standard InChI is InChI=1S/C13H21N3O2S/c1-3-18-13(17)15-12-14-8-11(19-12)9-16-7-5-4-6-10(16)2/h8,10H,3-7,9H2,1-2H3,(H,14,15,17). The molecule has 2 rings (SSSR count). The topological polar surface area (TPSA) is 54.5 Å². The number of piperidine rings is 1. The van der Waals surface area contributed by atoms with Crippen molar-refractivity contribution in [3.8, 4) is 0 Å². The van der Waals surface area contributed by atoms with Crippen molar-refractivity contribution in [2.75, 3.05) is 18.5 Å². The smallest absolute Gasteiger partial charge is 0.413 e. The van der Waals surface area contributed by atoms with Gasteiger partial charge in [-0.15, -0.1) is 11.3 Å². The Morgan fingerprint density at radius 3 is 3.21 bits per heavy atom. The van der Waals surface area contributed by atoms with Gasteiger partial charge in [-0.1, -0.05) is 6.42 Å². The number of rotatable bonds is 4. The predicted octanol–water partition coefficient (Wildman–Crippen LogP) is 3.09. The Bertz CT molecular complexity index is 422. The summed E-state index contributed by atoms with van der Waals surface area (Å²) in [5, 5.41) is 3.25. The van der Waals surface area contributed by atoms with Gasteiger partial charge < -0.3 is 4.74 Å². The molecule has 0 spiro atoms. The molecule has 6 heteroatoms. The predicted molar refractivity (Wildman–Crippen MR) is 76.5 cm³/mol. The van der Waals surface area contributed by atoms with E-state index < -0.39 is 6.09 Å². The third-order valence-corrected chi connectivity index (χ3v) is 4.24. The summed E-state index contributed by atoms with van der Waals surface area (Å²) in [4.78, 5) is 19.2. The van der Waals surface area contributed by atoms with E-state index in [9.17, 15) is 4.79 Å². The number of likely N-dealkylation sites (tertiary alicyclic amines) is 1. The number of nitrogens with one attached hydrogen (secondary N) is 1. The monoisotopic (exact) mass is 283 g/mol. The van der Waals surface area contributed by atoms with Gasteiger partial charge in [-0.3, -0.25) is 10.2 Å². The van der Waals surface area contributed by atoms with Crippen LogP contribution in [0.5, 0.6) is 0 Å². The van der Waals surface area contributed by atoms with Crippen LogP contribution >= 0.6 is 11.3 Å². The van der Waals surface area contributed by atoms with Crippen molar-refractivity contribution in [3.05, 3.63) is 11.1 Å². The molecule has 1 saturated heterocycles. The van der Waals surface area contributed by atoms with Crippen molar-refractivity contribution in [2.45, 2.75) is 45.7 Å². The molecule has 1 atom stereocenters. The molecule has 0 aromatic carbocycles. The van der Waals surface area contributed by atoms with Gasteiger partial charge in [0.05, 0.1) is 6.61 Å². The number of aromatic nitrogens is 1. The molecule has 1 unspecified atom stereocenters. The second kappa shape index (κ2) is 6.86. The Labute approximate surface area is 118 Å². The number of carbonyl (C=O) groups excluding carboxylic acids is 1. The lowest BCUT2D eigenvalue weighted by Gasteiger charge is -2.32. The summed E-state index contributed by atoms with van der Waals surface area (Å²) in [7, 11) is 0. The van der Waals surface area contributed by atoms with Crippen molar-refractivity contribution < 1.29 is 9.53 Å². The molecule has 1 aliphatic heterocycles. The number of carbonyl (C=O) groups is 1. The molecule has 1 aromatic heterocycles. The Balaban J connectivity index is 1.88. The first kappa shape index (κ1) is 14.3. The van der Waals surface area contributed by atoms with Gasteiger partial charge >= 0.3 is 6.09 Å². The summed E-state index contributed by atoms with van der Waals surface area (Å²) < 4.78 is 4.83. The molecular weight excluding hydrogens is 262 g/mol. The van der Waals surface area contributed by atoms with Crippen LogP contribution < -0.4 is 5.32 Å². The minimum absolute atomic E-state index is 0.370. The fraction of sp³-hybridized carbons (Fsp3) is 0.692. The maximum atomic E-state index is 11.3. The van der Waals surface area contributed by atoms with Crippen molar-refractivity contribution in [3.63, 3.8) is 0 Å². The van der Waals surface area contributed by atoms with Gasteiger partial charge in [-0.05, 0) is 33.2 Å². The van der Waals surface area contributed by atoms with Gasteiger partial charge in [0, 0.05) is 23.7 Å². The highest BCUT2D eigenvalue weighted by atomic mass is 32.1. The van der Waals surface area contributed by atoms with E-state index in [1.807, 2.05) is 6.20 Å². The normalized spacial score (nSPS) is 20.2. The summed E-state index contributed by atoms with van der Waals surface area (Å²) in [6.45, 7) is 6.50. The largest absolute Gasteiger partial charge is 0.450 e. The van der Waals surface area contributed by atoms with Crippen LogP contribution in [0.2, 0.25) is 0 Å². The molecule has 1 aromatic rings. The van der Waals surface area contributed by atoms with E-state index in [1.54, 1.807) is 6.92 Å². The average molecular weight is 283 g/mol. The summed E-state index contributed by atoms with van der Waals surface area (Å²) in [6.07, 6.45) is 5.28. The molecular formula is C13H21N3O2S. The van der Waals surface area contributed by atoms with Crippen LogP contribution in [0.1, 0.15) is 38.0 Å². The lowest BCUT2D eigenvalue weighted by molar-refractivity contribution is 0.154. The summed E-state index contributed by atoms with van der Waals surface area (Å²) >= 11 is 1.52. The van der Waals surface area contributed by atoms with Crippen molar-refractivity contribution >= 4 is 22.6 Å². The Hall–Kier alpha value is -1.14. The molecule has 1 N–H and O–H groups in total. The van der Waals surface area contributed by atoms with E-state index in [0.717, 1.165) is 13.1 Å². The second-order valence-corrected chi connectivity index (χ2v) is 5.91. The van der Waals surface area contributed by atoms with E-state index >= 15 is 0 Å². The zero-order chi connectivity index (χ0) is 13.7. The van der Waals surface area contributed by atoms with Gasteiger partial charge in [0.15, 0.2) is 5.13 Å². The van der Waals surface area contributed by atoms with Gasteiger partial charge in [0.2, 0.25) is 0 Å². The van der Waals surface area contributed by atoms with E-state index in [4.69, 9.17) is 4.74 Å². The zero-order valence-electron chi connectivity index (χ0n) is 11.5. The first-order chi connectivity index (χ1) is 9.19. The quantitative estimate of drug-likeness (QED) is 0.922. The Morgan fingerprint density at radius 2 is 2.47 bits per heavy atom. The molecule has 5 nitrogen and oxygen atoms in total. The van der Waals surface area contributed by atoms with Gasteiger partial charge in [-0.2, -0.15) is 0 Å². The number of hydrogen-bond acceptors (Lipinski definition) is 5. The molecule has 19 heavy (non-hydrogen) atoms. The van der Waals surface area contributed by atoms with E-state index in [0.29, 0.717) is 17.8 Å². The zero-order valence-corrected chi connectivity index (χ0v) is 12.3. The fourth-order valence-corrected chi connectivity index (χ4v) is 3.11. The second-order valence-electron chi connectivity index (χ2n) is 4.79. The molecule has 0 bridgehead atoms. The van der Waals surface area contributed by atoms with Crippen molar-refractivity contribution in [2.24, 2.45) is 0 Å². The number of anilines is 1. The molecule has 1 amide bonds. The average Bonchev–Trinajstić information content (AvgIpc) is 2.80. The minimum atomic E-state index is -0.435. The van der Waals surface area contributed by atoms with Crippen LogP contribution in [-0.2, 0) is 11.3 Å². The first-order valence-electron chi connectivity index (χ1n) is 6.81. The highest BCUT2D eigenvalue weighted by Gasteiger charge is 2.19. The van der Waals surface area contributed by atoms with Crippen molar-refractivity contribution in [1.29, 1.82) is 0 Å². The molecule has 0 saturated carbocycles. The fourth-order valence-electron chi connectivity index (χ4n) is 2.29. The number of thiazole rings is 1. The van der Waals surface area contributed by atoms with E-state index in [1.165, 1.54) is 35.5 Å². The number of amides is 1. The van der Waals surface area contributed by atoms with E-state index in [-0.39, 0.29) is 0 Å². The Morgan fingerprint density at radius 1 is 1.63 bits per heavy atom. The lowest BCUT2D eigenvalue weighted by atomic mass is 10.0. The molecule has 1 fully saturated rings. The molecule has 106 valence electrons. The highest BCUT2D eigenvalue weighted by Crippen LogP contribution is 2.24. The summed E-state index contributed by atoms with van der Waals surface area (Å²) in [5.74, 6) is 0. The maximum Gasteiger partial charge on any atom is 0.413 e. The third kappa shape index (κ3) is 4.18. The van der Waals surface area contributed by atoms with Crippen LogP contribution in [-0.4, -0.2) is 35.2 Å². The van der Waals surface area contributed by atoms with Gasteiger partial charge in [-0.25, -0.2) is 9.78 Å². The highest BCUT2D eigenvalue weighted by molar-refractivity contribution is 7.15. The number of ether oxygens (including phenoxy) is 1.